The first-order valence-corrected chi connectivity index (χ1v) is 6.59. The number of benzene rings is 1. The monoisotopic (exact) mass is 265 g/mol. The summed E-state index contributed by atoms with van der Waals surface area (Å²) < 4.78 is 0. The van der Waals surface area contributed by atoms with Crippen LogP contribution in [0, 0.1) is 0 Å². The van der Waals surface area contributed by atoms with Crippen LogP contribution < -0.4 is 5.56 Å². The first-order valence-electron chi connectivity index (χ1n) is 6.59. The van der Waals surface area contributed by atoms with Gasteiger partial charge >= 0.3 is 0 Å². The second-order valence-electron chi connectivity index (χ2n) is 5.06. The van der Waals surface area contributed by atoms with Gasteiger partial charge in [-0.2, -0.15) is 0 Å². The molecule has 0 radical (unpaired) electrons. The number of nitrogens with zero attached hydrogens (tertiary/aromatic N) is 2. The lowest BCUT2D eigenvalue weighted by Crippen LogP contribution is -2.16. The molecule has 1 aromatic carbocycles. The third-order valence-electron chi connectivity index (χ3n) is 3.35. The Balaban J connectivity index is 2.26. The summed E-state index contributed by atoms with van der Waals surface area (Å²) in [6.45, 7) is 3.99. The molecule has 0 bridgehead atoms. The average molecular weight is 265 g/mol. The smallest absolute Gasteiger partial charge is 0.254 e. The van der Waals surface area contributed by atoms with Crippen LogP contribution in [0.5, 0.6) is 0 Å². The van der Waals surface area contributed by atoms with Crippen molar-refractivity contribution in [3.05, 3.63) is 58.8 Å². The zero-order chi connectivity index (χ0) is 14.1. The summed E-state index contributed by atoms with van der Waals surface area (Å²) in [4.78, 5) is 23.4. The molecule has 2 aromatic heterocycles. The topological polar surface area (TPSA) is 58.6 Å². The molecule has 0 unspecified atom stereocenters. The van der Waals surface area contributed by atoms with E-state index in [0.29, 0.717) is 5.56 Å². The van der Waals surface area contributed by atoms with Gasteiger partial charge in [-0.1, -0.05) is 32.0 Å². The maximum Gasteiger partial charge on any atom is 0.254 e. The van der Waals surface area contributed by atoms with Crippen LogP contribution in [0.3, 0.4) is 0 Å². The molecule has 0 saturated carbocycles. The number of pyridine rings is 1. The summed E-state index contributed by atoms with van der Waals surface area (Å²) in [5, 5.41) is 1.08. The van der Waals surface area contributed by atoms with E-state index in [1.54, 1.807) is 6.20 Å². The maximum atomic E-state index is 12.0. The highest BCUT2D eigenvalue weighted by molar-refractivity contribution is 5.83. The molecule has 0 aliphatic carbocycles. The van der Waals surface area contributed by atoms with Crippen LogP contribution in [0.15, 0.2) is 47.7 Å². The minimum absolute atomic E-state index is 0.0777. The van der Waals surface area contributed by atoms with Crippen molar-refractivity contribution < 1.29 is 0 Å². The predicted molar refractivity (Wildman–Crippen MR) is 79.7 cm³/mol. The Morgan fingerprint density at radius 1 is 1.15 bits per heavy atom. The van der Waals surface area contributed by atoms with Gasteiger partial charge in [-0.15, -0.1) is 0 Å². The van der Waals surface area contributed by atoms with Gasteiger partial charge in [-0.05, 0) is 18.1 Å². The highest BCUT2D eigenvalue weighted by Gasteiger charge is 2.14. The molecule has 2 heterocycles. The molecule has 4 heteroatoms. The van der Waals surface area contributed by atoms with E-state index < -0.39 is 0 Å². The number of aromatic amines is 1. The molecule has 0 saturated heterocycles. The number of aromatic nitrogens is 3. The van der Waals surface area contributed by atoms with Crippen LogP contribution in [0.1, 0.15) is 25.3 Å². The van der Waals surface area contributed by atoms with Crippen molar-refractivity contribution >= 4 is 10.9 Å². The summed E-state index contributed by atoms with van der Waals surface area (Å²) in [5.74, 6) is 0.113. The van der Waals surface area contributed by atoms with Gasteiger partial charge in [0.2, 0.25) is 0 Å². The predicted octanol–water partition coefficient (Wildman–Crippen LogP) is 3.11. The molecule has 0 spiro atoms. The van der Waals surface area contributed by atoms with Crippen molar-refractivity contribution in [2.24, 2.45) is 0 Å². The van der Waals surface area contributed by atoms with Crippen molar-refractivity contribution in [1.29, 1.82) is 0 Å². The zero-order valence-corrected chi connectivity index (χ0v) is 11.4. The Morgan fingerprint density at radius 2 is 2.00 bits per heavy atom. The molecule has 0 amide bonds. The Bertz CT molecular complexity index is 821. The molecule has 0 aliphatic rings. The Kier molecular flexibility index (Phi) is 3.06. The highest BCUT2D eigenvalue weighted by atomic mass is 16.1. The number of H-pyrrole nitrogens is 1. The SMILES string of the molecule is CC(C)c1c(-c2ccc3cccnc3c2)nc[nH]c1=O. The van der Waals surface area contributed by atoms with Crippen molar-refractivity contribution in [2.75, 3.05) is 0 Å². The van der Waals surface area contributed by atoms with Gasteiger partial charge in [0.1, 0.15) is 0 Å². The van der Waals surface area contributed by atoms with E-state index in [0.717, 1.165) is 22.2 Å². The fourth-order valence-electron chi connectivity index (χ4n) is 2.39. The first-order chi connectivity index (χ1) is 9.66. The maximum absolute atomic E-state index is 12.0. The number of rotatable bonds is 2. The molecular weight excluding hydrogens is 250 g/mol. The second-order valence-corrected chi connectivity index (χ2v) is 5.06. The lowest BCUT2D eigenvalue weighted by atomic mass is 9.98. The zero-order valence-electron chi connectivity index (χ0n) is 11.4. The number of fused-ring (bicyclic) bond motifs is 1. The number of nitrogens with one attached hydrogen (secondary N) is 1. The molecular formula is C16H15N3O. The van der Waals surface area contributed by atoms with Gasteiger partial charge in [0.15, 0.2) is 0 Å². The van der Waals surface area contributed by atoms with Gasteiger partial charge in [-0.25, -0.2) is 4.98 Å². The molecule has 0 aliphatic heterocycles. The van der Waals surface area contributed by atoms with Gasteiger partial charge in [-0.3, -0.25) is 9.78 Å². The van der Waals surface area contributed by atoms with Crippen molar-refractivity contribution in [2.45, 2.75) is 19.8 Å². The summed E-state index contributed by atoms with van der Waals surface area (Å²) in [7, 11) is 0. The first kappa shape index (κ1) is 12.5. The fraction of sp³-hybridized carbons (Fsp3) is 0.188. The average Bonchev–Trinajstić information content (AvgIpc) is 2.46. The lowest BCUT2D eigenvalue weighted by molar-refractivity contribution is 0.834. The largest absolute Gasteiger partial charge is 0.313 e. The molecule has 3 rings (SSSR count). The molecule has 4 nitrogen and oxygen atoms in total. The van der Waals surface area contributed by atoms with E-state index in [1.165, 1.54) is 6.33 Å². The van der Waals surface area contributed by atoms with Gasteiger partial charge in [0.05, 0.1) is 17.5 Å². The molecule has 1 N–H and O–H groups in total. The van der Waals surface area contributed by atoms with E-state index in [-0.39, 0.29) is 11.5 Å². The second kappa shape index (κ2) is 4.89. The quantitative estimate of drug-likeness (QED) is 0.774. The van der Waals surface area contributed by atoms with Crippen LogP contribution >= 0.6 is 0 Å². The molecule has 100 valence electrons. The fourth-order valence-corrected chi connectivity index (χ4v) is 2.39. The lowest BCUT2D eigenvalue weighted by Gasteiger charge is -2.10. The number of hydrogen-bond acceptors (Lipinski definition) is 3. The summed E-state index contributed by atoms with van der Waals surface area (Å²) in [5.41, 5.74) is 3.19. The molecule has 20 heavy (non-hydrogen) atoms. The van der Waals surface area contributed by atoms with Crippen molar-refractivity contribution in [1.82, 2.24) is 15.0 Å². The standard InChI is InChI=1S/C16H15N3O/c1-10(2)14-15(18-9-19-16(14)20)12-6-5-11-4-3-7-17-13(11)8-12/h3-10H,1-2H3,(H,18,19,20). The van der Waals surface area contributed by atoms with Crippen LogP contribution in [-0.4, -0.2) is 15.0 Å². The van der Waals surface area contributed by atoms with E-state index in [2.05, 4.69) is 15.0 Å². The van der Waals surface area contributed by atoms with Crippen LogP contribution in [0.4, 0.5) is 0 Å². The summed E-state index contributed by atoms with van der Waals surface area (Å²) in [6.07, 6.45) is 3.22. The molecule has 0 fully saturated rings. The molecule has 0 atom stereocenters. The Morgan fingerprint density at radius 3 is 2.80 bits per heavy atom. The van der Waals surface area contributed by atoms with E-state index in [1.807, 2.05) is 44.2 Å². The Labute approximate surface area is 116 Å². The van der Waals surface area contributed by atoms with E-state index >= 15 is 0 Å². The normalized spacial score (nSPS) is 11.2. The number of hydrogen-bond donors (Lipinski definition) is 1. The van der Waals surface area contributed by atoms with Gasteiger partial charge < -0.3 is 4.98 Å². The van der Waals surface area contributed by atoms with Crippen LogP contribution in [-0.2, 0) is 0 Å². The summed E-state index contributed by atoms with van der Waals surface area (Å²) >= 11 is 0. The van der Waals surface area contributed by atoms with Gasteiger partial charge in [0, 0.05) is 22.7 Å². The van der Waals surface area contributed by atoms with Crippen LogP contribution in [0.25, 0.3) is 22.2 Å². The summed E-state index contributed by atoms with van der Waals surface area (Å²) in [6, 6.07) is 9.89. The third-order valence-corrected chi connectivity index (χ3v) is 3.35. The van der Waals surface area contributed by atoms with Crippen molar-refractivity contribution in [3.63, 3.8) is 0 Å². The third kappa shape index (κ3) is 2.09. The van der Waals surface area contributed by atoms with E-state index in [9.17, 15) is 4.79 Å². The molecule has 3 aromatic rings. The van der Waals surface area contributed by atoms with Gasteiger partial charge in [0.25, 0.3) is 5.56 Å². The Hall–Kier alpha value is -2.49. The minimum Gasteiger partial charge on any atom is -0.313 e. The van der Waals surface area contributed by atoms with E-state index in [4.69, 9.17) is 0 Å². The van der Waals surface area contributed by atoms with Crippen LogP contribution in [0.2, 0.25) is 0 Å². The highest BCUT2D eigenvalue weighted by Crippen LogP contribution is 2.26. The minimum atomic E-state index is -0.0777. The van der Waals surface area contributed by atoms with Crippen molar-refractivity contribution in [3.8, 4) is 11.3 Å².